The standard InChI is InChI=1S/C13H7N7O/c14-13-8-7(6-4-2-1-3-5-6)12(21)11-10(16-19-17-11)9(8)15-20-18-13/h1-5,14,21H. The van der Waals surface area contributed by atoms with Gasteiger partial charge in [0.05, 0.1) is 5.56 Å². The van der Waals surface area contributed by atoms with Crippen LogP contribution in [0.5, 0.6) is 5.75 Å². The molecule has 8 heteroatoms. The van der Waals surface area contributed by atoms with Crippen LogP contribution in [0.4, 0.5) is 5.69 Å². The number of nitrogens with zero attached hydrogens (tertiary/aromatic N) is 6. The summed E-state index contributed by atoms with van der Waals surface area (Å²) in [5, 5.41) is 41.5. The van der Waals surface area contributed by atoms with Gasteiger partial charge in [0, 0.05) is 5.56 Å². The van der Waals surface area contributed by atoms with Crippen molar-refractivity contribution in [3.05, 3.63) is 46.6 Å². The first-order chi connectivity index (χ1) is 10.3. The van der Waals surface area contributed by atoms with Crippen LogP contribution >= 0.6 is 0 Å². The van der Waals surface area contributed by atoms with Gasteiger partial charge in [0.1, 0.15) is 10.7 Å². The number of phenolic OH excluding ortho intramolecular Hbond substituents is 1. The van der Waals surface area contributed by atoms with E-state index in [0.29, 0.717) is 21.8 Å². The molecule has 21 heavy (non-hydrogen) atoms. The molecule has 2 aromatic rings. The van der Waals surface area contributed by atoms with Gasteiger partial charge in [-0.2, -0.15) is 0 Å². The fourth-order valence-corrected chi connectivity index (χ4v) is 2.37. The number of hydrogen-bond donors (Lipinski definition) is 2. The summed E-state index contributed by atoms with van der Waals surface area (Å²) in [6.07, 6.45) is 0. The number of fused-ring (bicyclic) bond motifs is 3. The predicted octanol–water partition coefficient (Wildman–Crippen LogP) is 2.02. The van der Waals surface area contributed by atoms with Crippen molar-refractivity contribution in [2.45, 2.75) is 0 Å². The molecule has 0 aliphatic carbocycles. The largest absolute Gasteiger partial charge is 0.505 e. The lowest BCUT2D eigenvalue weighted by Crippen LogP contribution is -2.32. The van der Waals surface area contributed by atoms with Crippen molar-refractivity contribution in [1.82, 2.24) is 0 Å². The predicted molar refractivity (Wildman–Crippen MR) is 72.1 cm³/mol. The highest BCUT2D eigenvalue weighted by Gasteiger charge is 2.26. The molecule has 2 aliphatic heterocycles. The highest BCUT2D eigenvalue weighted by molar-refractivity contribution is 6.05. The van der Waals surface area contributed by atoms with Gasteiger partial charge in [-0.15, -0.1) is 20.4 Å². The van der Waals surface area contributed by atoms with E-state index < -0.39 is 0 Å². The number of hydrogen-bond acceptors (Lipinski definition) is 7. The summed E-state index contributed by atoms with van der Waals surface area (Å²) >= 11 is 0. The van der Waals surface area contributed by atoms with Crippen molar-refractivity contribution in [3.63, 3.8) is 0 Å². The van der Waals surface area contributed by atoms with Gasteiger partial charge in [-0.25, -0.2) is 0 Å². The van der Waals surface area contributed by atoms with Gasteiger partial charge < -0.3 is 5.11 Å². The van der Waals surface area contributed by atoms with E-state index in [9.17, 15) is 5.11 Å². The third-order valence-corrected chi connectivity index (χ3v) is 3.27. The van der Waals surface area contributed by atoms with Crippen LogP contribution in [0.3, 0.4) is 0 Å². The average Bonchev–Trinajstić information content (AvgIpc) is 3.00. The van der Waals surface area contributed by atoms with Crippen LogP contribution in [0.2, 0.25) is 0 Å². The van der Waals surface area contributed by atoms with Crippen LogP contribution in [-0.4, -0.2) is 10.9 Å². The summed E-state index contributed by atoms with van der Waals surface area (Å²) in [6, 6.07) is 9.19. The second-order valence-electron chi connectivity index (χ2n) is 4.44. The zero-order valence-corrected chi connectivity index (χ0v) is 10.5. The molecule has 100 valence electrons. The number of aromatic hydroxyl groups is 1. The number of rotatable bonds is 1. The maximum atomic E-state index is 10.5. The Hall–Kier alpha value is -3.29. The van der Waals surface area contributed by atoms with Crippen molar-refractivity contribution in [1.29, 1.82) is 5.41 Å². The maximum absolute atomic E-state index is 10.5. The molecule has 0 bridgehead atoms. The molecule has 0 aromatic heterocycles. The smallest absolute Gasteiger partial charge is 0.179 e. The molecule has 0 atom stereocenters. The molecular formula is C13H7N7O. The van der Waals surface area contributed by atoms with Crippen LogP contribution in [0, 0.1) is 5.41 Å². The SMILES string of the molecule is N=C1N=NN=c2c1c(-c1ccccc1)c(O)c1c2=NN=N1. The molecule has 0 radical (unpaired) electrons. The lowest BCUT2D eigenvalue weighted by atomic mass is 9.95. The number of benzene rings is 2. The van der Waals surface area contributed by atoms with Crippen molar-refractivity contribution in [3.8, 4) is 16.9 Å². The molecule has 0 saturated carbocycles. The first kappa shape index (κ1) is 11.5. The number of amidine groups is 1. The van der Waals surface area contributed by atoms with Crippen LogP contribution in [0.25, 0.3) is 11.1 Å². The minimum absolute atomic E-state index is 0.0842. The molecule has 0 unspecified atom stereocenters. The Kier molecular flexibility index (Phi) is 2.25. The molecular weight excluding hydrogens is 270 g/mol. The van der Waals surface area contributed by atoms with Crippen molar-refractivity contribution in [2.75, 3.05) is 0 Å². The highest BCUT2D eigenvalue weighted by Crippen LogP contribution is 2.38. The third-order valence-electron chi connectivity index (χ3n) is 3.27. The van der Waals surface area contributed by atoms with Gasteiger partial charge in [0.25, 0.3) is 0 Å². The van der Waals surface area contributed by atoms with E-state index in [-0.39, 0.29) is 17.3 Å². The van der Waals surface area contributed by atoms with Gasteiger partial charge in [-0.1, -0.05) is 30.3 Å². The van der Waals surface area contributed by atoms with E-state index in [4.69, 9.17) is 5.41 Å². The summed E-state index contributed by atoms with van der Waals surface area (Å²) in [5.74, 6) is -0.170. The average molecular weight is 277 g/mol. The minimum atomic E-state index is -0.0861. The van der Waals surface area contributed by atoms with Gasteiger partial charge in [-0.05, 0) is 16.0 Å². The number of phenols is 1. The summed E-state index contributed by atoms with van der Waals surface area (Å²) < 4.78 is 0. The lowest BCUT2D eigenvalue weighted by Gasteiger charge is -2.12. The quantitative estimate of drug-likeness (QED) is 0.814. The summed E-state index contributed by atoms with van der Waals surface area (Å²) in [7, 11) is 0. The van der Waals surface area contributed by atoms with Gasteiger partial charge in [0.15, 0.2) is 17.3 Å². The Morgan fingerprint density at radius 2 is 1.57 bits per heavy atom. The molecule has 0 spiro atoms. The summed E-state index contributed by atoms with van der Waals surface area (Å²) in [6.45, 7) is 0. The molecule has 4 rings (SSSR count). The molecule has 0 amide bonds. The van der Waals surface area contributed by atoms with Crippen LogP contribution in [0.1, 0.15) is 5.56 Å². The molecule has 2 aromatic carbocycles. The fraction of sp³-hybridized carbons (Fsp3) is 0. The Labute approximate surface area is 117 Å². The normalized spacial score (nSPS) is 14.4. The monoisotopic (exact) mass is 277 g/mol. The fourth-order valence-electron chi connectivity index (χ4n) is 2.37. The molecule has 2 heterocycles. The van der Waals surface area contributed by atoms with E-state index in [0.717, 1.165) is 5.56 Å². The molecule has 0 saturated heterocycles. The lowest BCUT2D eigenvalue weighted by molar-refractivity contribution is 0.478. The van der Waals surface area contributed by atoms with E-state index in [1.807, 2.05) is 30.3 Å². The van der Waals surface area contributed by atoms with Gasteiger partial charge >= 0.3 is 0 Å². The third kappa shape index (κ3) is 1.52. The molecule has 2 N–H and O–H groups in total. The first-order valence-corrected chi connectivity index (χ1v) is 6.08. The van der Waals surface area contributed by atoms with E-state index >= 15 is 0 Å². The first-order valence-electron chi connectivity index (χ1n) is 6.08. The second kappa shape index (κ2) is 4.10. The molecule has 2 aliphatic rings. The van der Waals surface area contributed by atoms with Crippen LogP contribution < -0.4 is 10.7 Å². The van der Waals surface area contributed by atoms with E-state index in [1.165, 1.54) is 0 Å². The van der Waals surface area contributed by atoms with Gasteiger partial charge in [-0.3, -0.25) is 5.41 Å². The Morgan fingerprint density at radius 3 is 2.38 bits per heavy atom. The highest BCUT2D eigenvalue weighted by atomic mass is 16.3. The second-order valence-corrected chi connectivity index (χ2v) is 4.44. The zero-order chi connectivity index (χ0) is 14.4. The zero-order valence-electron chi connectivity index (χ0n) is 10.5. The van der Waals surface area contributed by atoms with E-state index in [1.54, 1.807) is 0 Å². The van der Waals surface area contributed by atoms with Crippen LogP contribution in [-0.2, 0) is 0 Å². The van der Waals surface area contributed by atoms with E-state index in [2.05, 4.69) is 30.9 Å². The molecule has 8 nitrogen and oxygen atoms in total. The minimum Gasteiger partial charge on any atom is -0.505 e. The Bertz CT molecular complexity index is 960. The van der Waals surface area contributed by atoms with Crippen molar-refractivity contribution < 1.29 is 5.11 Å². The number of nitrogens with one attached hydrogen (secondary N) is 1. The molecule has 0 fully saturated rings. The summed E-state index contributed by atoms with van der Waals surface area (Å²) in [5.41, 5.74) is 1.78. The van der Waals surface area contributed by atoms with Crippen molar-refractivity contribution >= 4 is 11.5 Å². The van der Waals surface area contributed by atoms with Crippen molar-refractivity contribution in [2.24, 2.45) is 30.9 Å². The Balaban J connectivity index is 2.22. The Morgan fingerprint density at radius 1 is 0.857 bits per heavy atom. The summed E-state index contributed by atoms with van der Waals surface area (Å²) in [4.78, 5) is 0. The topological polar surface area (TPSA) is 118 Å². The van der Waals surface area contributed by atoms with Gasteiger partial charge in [0.2, 0.25) is 0 Å². The maximum Gasteiger partial charge on any atom is 0.179 e. The van der Waals surface area contributed by atoms with Crippen LogP contribution in [0.15, 0.2) is 61.2 Å².